The average molecular weight is 310 g/mol. The number of para-hydroxylation sites is 1. The Morgan fingerprint density at radius 3 is 2.62 bits per heavy atom. The quantitative estimate of drug-likeness (QED) is 0.469. The molecule has 1 aromatic carbocycles. The number of rotatable bonds is 4. The molecule has 3 heteroatoms. The van der Waals surface area contributed by atoms with E-state index in [4.69, 9.17) is 4.74 Å². The van der Waals surface area contributed by atoms with Crippen molar-refractivity contribution in [3.8, 4) is 27.3 Å². The molecule has 3 aromatic rings. The smallest absolute Gasteiger partial charge is 0.119 e. The molecule has 0 saturated heterocycles. The Hall–Kier alpha value is -2.02. The molecule has 104 valence electrons. The van der Waals surface area contributed by atoms with Crippen molar-refractivity contribution in [3.63, 3.8) is 0 Å². The maximum Gasteiger partial charge on any atom is 0.119 e. The Bertz CT molecular complexity index is 730. The molecule has 0 radical (unpaired) electrons. The van der Waals surface area contributed by atoms with Gasteiger partial charge < -0.3 is 4.74 Å². The first-order valence-corrected chi connectivity index (χ1v) is 8.42. The van der Waals surface area contributed by atoms with Gasteiger partial charge in [0.05, 0.1) is 11.5 Å². The van der Waals surface area contributed by atoms with Crippen LogP contribution in [0.15, 0.2) is 60.0 Å². The Kier molecular flexibility index (Phi) is 4.73. The summed E-state index contributed by atoms with van der Waals surface area (Å²) in [5.74, 6) is 7.27. The fourth-order valence-corrected chi connectivity index (χ4v) is 3.56. The lowest BCUT2D eigenvalue weighted by Crippen LogP contribution is -1.94. The molecule has 0 bridgehead atoms. The molecular weight excluding hydrogens is 296 g/mol. The van der Waals surface area contributed by atoms with E-state index in [-0.39, 0.29) is 0 Å². The maximum absolute atomic E-state index is 5.61. The van der Waals surface area contributed by atoms with Gasteiger partial charge >= 0.3 is 0 Å². The van der Waals surface area contributed by atoms with Crippen molar-refractivity contribution in [2.75, 3.05) is 6.61 Å². The van der Waals surface area contributed by atoms with E-state index < -0.39 is 0 Å². The second-order valence-corrected chi connectivity index (χ2v) is 6.39. The molecule has 0 aliphatic heterocycles. The second kappa shape index (κ2) is 7.12. The van der Waals surface area contributed by atoms with Gasteiger partial charge in [-0.25, -0.2) is 0 Å². The number of thiophene rings is 2. The first kappa shape index (κ1) is 13.9. The fourth-order valence-electron chi connectivity index (χ4n) is 1.84. The van der Waals surface area contributed by atoms with Crippen LogP contribution in [-0.2, 0) is 0 Å². The van der Waals surface area contributed by atoms with E-state index in [2.05, 4.69) is 41.5 Å². The molecule has 0 unspecified atom stereocenters. The molecule has 0 atom stereocenters. The number of hydrogen-bond donors (Lipinski definition) is 0. The van der Waals surface area contributed by atoms with E-state index in [0.29, 0.717) is 6.61 Å². The van der Waals surface area contributed by atoms with Crippen molar-refractivity contribution >= 4 is 22.7 Å². The molecule has 2 heterocycles. The first-order valence-electron chi connectivity index (χ1n) is 6.72. The molecule has 1 nitrogen and oxygen atoms in total. The largest absolute Gasteiger partial charge is 0.493 e. The molecule has 0 aliphatic carbocycles. The average Bonchev–Trinajstić information content (AvgIpc) is 3.19. The molecule has 2 aromatic heterocycles. The summed E-state index contributed by atoms with van der Waals surface area (Å²) in [6.07, 6.45) is 0.737. The zero-order chi connectivity index (χ0) is 14.3. The zero-order valence-corrected chi connectivity index (χ0v) is 13.0. The predicted molar refractivity (Wildman–Crippen MR) is 91.1 cm³/mol. The molecule has 0 spiro atoms. The lowest BCUT2D eigenvalue weighted by atomic mass is 10.3. The Morgan fingerprint density at radius 1 is 0.905 bits per heavy atom. The van der Waals surface area contributed by atoms with Crippen LogP contribution in [-0.4, -0.2) is 6.61 Å². The summed E-state index contributed by atoms with van der Waals surface area (Å²) in [7, 11) is 0. The van der Waals surface area contributed by atoms with E-state index in [1.165, 1.54) is 9.75 Å². The van der Waals surface area contributed by atoms with Crippen molar-refractivity contribution < 1.29 is 4.74 Å². The highest BCUT2D eigenvalue weighted by Gasteiger charge is 2.01. The monoisotopic (exact) mass is 310 g/mol. The summed E-state index contributed by atoms with van der Waals surface area (Å²) in [5.41, 5.74) is 0. The van der Waals surface area contributed by atoms with Crippen LogP contribution in [0.2, 0.25) is 0 Å². The van der Waals surface area contributed by atoms with Crippen LogP contribution in [0.1, 0.15) is 11.3 Å². The molecule has 0 amide bonds. The molecule has 0 aliphatic rings. The standard InChI is InChI=1S/C18H14OS2/c1-2-7-15(8-3-1)19-13-5-4-9-16-11-12-18(21-16)17-10-6-14-20-17/h1-3,6-8,10-12,14H,5,13H2. The first-order chi connectivity index (χ1) is 10.4. The minimum absolute atomic E-state index is 0.625. The molecular formula is C18H14OS2. The molecule has 0 fully saturated rings. The normalized spacial score (nSPS) is 9.90. The summed E-state index contributed by atoms with van der Waals surface area (Å²) in [4.78, 5) is 3.70. The third-order valence-corrected chi connectivity index (χ3v) is 4.89. The highest BCUT2D eigenvalue weighted by atomic mass is 32.1. The van der Waals surface area contributed by atoms with Crippen LogP contribution in [0.5, 0.6) is 5.75 Å². The van der Waals surface area contributed by atoms with Gasteiger partial charge in [-0.15, -0.1) is 22.7 Å². The van der Waals surface area contributed by atoms with Gasteiger partial charge in [0.15, 0.2) is 0 Å². The highest BCUT2D eigenvalue weighted by molar-refractivity contribution is 7.21. The molecule has 0 saturated carbocycles. The second-order valence-electron chi connectivity index (χ2n) is 4.35. The minimum Gasteiger partial charge on any atom is -0.493 e. The van der Waals surface area contributed by atoms with Gasteiger partial charge in [-0.1, -0.05) is 36.1 Å². The van der Waals surface area contributed by atoms with Crippen LogP contribution >= 0.6 is 22.7 Å². The number of ether oxygens (including phenoxy) is 1. The maximum atomic E-state index is 5.61. The summed E-state index contributed by atoms with van der Waals surface area (Å²) < 4.78 is 5.61. The topological polar surface area (TPSA) is 9.23 Å². The van der Waals surface area contributed by atoms with Crippen molar-refractivity contribution in [2.24, 2.45) is 0 Å². The minimum atomic E-state index is 0.625. The SMILES string of the molecule is C(#Cc1ccc(-c2cccs2)s1)CCOc1ccccc1. The Labute approximate surface area is 132 Å². The van der Waals surface area contributed by atoms with Crippen LogP contribution in [0.3, 0.4) is 0 Å². The van der Waals surface area contributed by atoms with Crippen molar-refractivity contribution in [2.45, 2.75) is 6.42 Å². The van der Waals surface area contributed by atoms with Gasteiger partial charge in [-0.05, 0) is 35.7 Å². The van der Waals surface area contributed by atoms with E-state index in [9.17, 15) is 0 Å². The lowest BCUT2D eigenvalue weighted by molar-refractivity contribution is 0.327. The summed E-state index contributed by atoms with van der Waals surface area (Å²) in [5, 5.41) is 2.10. The van der Waals surface area contributed by atoms with Crippen molar-refractivity contribution in [1.29, 1.82) is 0 Å². The van der Waals surface area contributed by atoms with E-state index >= 15 is 0 Å². The zero-order valence-electron chi connectivity index (χ0n) is 11.4. The van der Waals surface area contributed by atoms with Gasteiger partial charge in [0.25, 0.3) is 0 Å². The van der Waals surface area contributed by atoms with Gasteiger partial charge in [-0.2, -0.15) is 0 Å². The van der Waals surface area contributed by atoms with Crippen molar-refractivity contribution in [3.05, 3.63) is 64.9 Å². The van der Waals surface area contributed by atoms with E-state index in [1.54, 1.807) is 22.7 Å². The van der Waals surface area contributed by atoms with Crippen LogP contribution in [0.25, 0.3) is 9.75 Å². The third-order valence-electron chi connectivity index (χ3n) is 2.82. The van der Waals surface area contributed by atoms with E-state index in [1.807, 2.05) is 30.3 Å². The molecule has 0 N–H and O–H groups in total. The fraction of sp³-hybridized carbons (Fsp3) is 0.111. The Morgan fingerprint density at radius 2 is 1.81 bits per heavy atom. The van der Waals surface area contributed by atoms with Crippen LogP contribution in [0.4, 0.5) is 0 Å². The molecule has 21 heavy (non-hydrogen) atoms. The summed E-state index contributed by atoms with van der Waals surface area (Å²) >= 11 is 3.50. The predicted octanol–water partition coefficient (Wildman–Crippen LogP) is 5.30. The third kappa shape index (κ3) is 3.98. The van der Waals surface area contributed by atoms with Gasteiger partial charge in [0.1, 0.15) is 5.75 Å². The van der Waals surface area contributed by atoms with Crippen LogP contribution in [0, 0.1) is 11.8 Å². The summed E-state index contributed by atoms with van der Waals surface area (Å²) in [6, 6.07) is 18.3. The molecule has 3 rings (SSSR count). The van der Waals surface area contributed by atoms with Crippen LogP contribution < -0.4 is 4.74 Å². The number of benzene rings is 1. The van der Waals surface area contributed by atoms with Gasteiger partial charge in [0.2, 0.25) is 0 Å². The van der Waals surface area contributed by atoms with Crippen molar-refractivity contribution in [1.82, 2.24) is 0 Å². The lowest BCUT2D eigenvalue weighted by Gasteiger charge is -2.01. The van der Waals surface area contributed by atoms with E-state index in [0.717, 1.165) is 17.0 Å². The Balaban J connectivity index is 1.51. The number of hydrogen-bond acceptors (Lipinski definition) is 3. The van der Waals surface area contributed by atoms with Gasteiger partial charge in [0, 0.05) is 16.2 Å². The highest BCUT2D eigenvalue weighted by Crippen LogP contribution is 2.30. The van der Waals surface area contributed by atoms with Gasteiger partial charge in [-0.3, -0.25) is 0 Å². The summed E-state index contributed by atoms with van der Waals surface area (Å²) in [6.45, 7) is 0.625.